The molecule has 1 unspecified atom stereocenters. The van der Waals surface area contributed by atoms with E-state index in [9.17, 15) is 19.5 Å². The Morgan fingerprint density at radius 3 is 2.78 bits per heavy atom. The Bertz CT molecular complexity index is 373. The molecule has 2 saturated heterocycles. The Balaban J connectivity index is 2.06. The smallest absolute Gasteiger partial charge is 0.326 e. The summed E-state index contributed by atoms with van der Waals surface area (Å²) in [6.45, 7) is -0.438. The van der Waals surface area contributed by atoms with Crippen LogP contribution in [0.25, 0.3) is 0 Å². The van der Waals surface area contributed by atoms with Crippen LogP contribution in [-0.2, 0) is 14.3 Å². The molecule has 8 heteroatoms. The number of carbonyl (C=O) groups is 3. The maximum Gasteiger partial charge on any atom is 0.326 e. The highest BCUT2D eigenvalue weighted by Gasteiger charge is 2.42. The molecular weight excluding hydrogens is 244 g/mol. The number of imide groups is 1. The number of nitrogens with zero attached hydrogens (tertiary/aromatic N) is 1. The molecule has 2 heterocycles. The molecule has 2 aliphatic rings. The van der Waals surface area contributed by atoms with Gasteiger partial charge in [0.05, 0.1) is 12.7 Å². The van der Waals surface area contributed by atoms with E-state index in [2.05, 4.69) is 0 Å². The highest BCUT2D eigenvalue weighted by Crippen LogP contribution is 2.25. The number of aliphatic hydroxyl groups is 2. The SMILES string of the molecule is O=CC1CN([C@H]2C[C@H](O)[C@@H](CO)O2)C(=O)NC1=O. The lowest BCUT2D eigenvalue weighted by Crippen LogP contribution is -2.58. The molecule has 2 aliphatic heterocycles. The van der Waals surface area contributed by atoms with Gasteiger partial charge in [0.25, 0.3) is 0 Å². The molecule has 0 bridgehead atoms. The van der Waals surface area contributed by atoms with Gasteiger partial charge in [0.15, 0.2) is 0 Å². The molecule has 0 spiro atoms. The van der Waals surface area contributed by atoms with Gasteiger partial charge in [-0.1, -0.05) is 0 Å². The van der Waals surface area contributed by atoms with Gasteiger partial charge in [0.1, 0.15) is 24.5 Å². The standard InChI is InChI=1S/C10H14N2O6/c13-3-5-2-12(10(17)11-9(5)16)8-1-6(15)7(4-14)18-8/h3,5-8,14-15H,1-2,4H2,(H,11,16,17)/t5?,6-,7+,8+/m0/s1. The predicted octanol–water partition coefficient (Wildman–Crippen LogP) is -2.18. The van der Waals surface area contributed by atoms with Gasteiger partial charge in [-0.3, -0.25) is 15.0 Å². The van der Waals surface area contributed by atoms with Crippen LogP contribution in [0, 0.1) is 5.92 Å². The molecule has 0 aromatic carbocycles. The fraction of sp³-hybridized carbons (Fsp3) is 0.700. The summed E-state index contributed by atoms with van der Waals surface area (Å²) in [6.07, 6.45) is -1.77. The molecule has 3 amide bonds. The van der Waals surface area contributed by atoms with Crippen LogP contribution in [0.15, 0.2) is 0 Å². The van der Waals surface area contributed by atoms with Crippen LogP contribution in [0.5, 0.6) is 0 Å². The van der Waals surface area contributed by atoms with Crippen molar-refractivity contribution in [2.24, 2.45) is 5.92 Å². The van der Waals surface area contributed by atoms with E-state index in [1.807, 2.05) is 5.32 Å². The van der Waals surface area contributed by atoms with Crippen molar-refractivity contribution in [3.63, 3.8) is 0 Å². The summed E-state index contributed by atoms with van der Waals surface area (Å²) in [5.74, 6) is -1.57. The first-order chi connectivity index (χ1) is 8.56. The van der Waals surface area contributed by atoms with E-state index in [1.54, 1.807) is 0 Å². The number of hydrogen-bond donors (Lipinski definition) is 3. The summed E-state index contributed by atoms with van der Waals surface area (Å²) in [5, 5.41) is 20.6. The van der Waals surface area contributed by atoms with Crippen molar-refractivity contribution >= 4 is 18.2 Å². The van der Waals surface area contributed by atoms with Gasteiger partial charge in [-0.05, 0) is 0 Å². The third kappa shape index (κ3) is 2.22. The van der Waals surface area contributed by atoms with Crippen LogP contribution in [0.4, 0.5) is 4.79 Å². The molecule has 0 aliphatic carbocycles. The predicted molar refractivity (Wildman–Crippen MR) is 56.2 cm³/mol. The van der Waals surface area contributed by atoms with Crippen LogP contribution < -0.4 is 5.32 Å². The second kappa shape index (κ2) is 5.01. The molecule has 100 valence electrons. The number of hydrogen-bond acceptors (Lipinski definition) is 6. The van der Waals surface area contributed by atoms with Crippen molar-refractivity contribution in [2.75, 3.05) is 13.2 Å². The van der Waals surface area contributed by atoms with Crippen LogP contribution in [0.1, 0.15) is 6.42 Å². The number of ether oxygens (including phenoxy) is 1. The summed E-state index contributed by atoms with van der Waals surface area (Å²) in [6, 6.07) is -0.658. The van der Waals surface area contributed by atoms with Crippen molar-refractivity contribution in [1.82, 2.24) is 10.2 Å². The minimum atomic E-state index is -0.934. The van der Waals surface area contributed by atoms with Gasteiger partial charge in [0.2, 0.25) is 5.91 Å². The number of nitrogens with one attached hydrogen (secondary N) is 1. The summed E-state index contributed by atoms with van der Waals surface area (Å²) in [5.41, 5.74) is 0. The molecule has 18 heavy (non-hydrogen) atoms. The number of rotatable bonds is 3. The average molecular weight is 258 g/mol. The lowest BCUT2D eigenvalue weighted by Gasteiger charge is -2.33. The van der Waals surface area contributed by atoms with Gasteiger partial charge in [-0.25, -0.2) is 4.79 Å². The molecule has 8 nitrogen and oxygen atoms in total. The maximum atomic E-state index is 11.6. The van der Waals surface area contributed by atoms with Gasteiger partial charge in [-0.15, -0.1) is 0 Å². The molecule has 2 fully saturated rings. The monoisotopic (exact) mass is 258 g/mol. The summed E-state index contributed by atoms with van der Waals surface area (Å²) < 4.78 is 5.30. The lowest BCUT2D eigenvalue weighted by molar-refractivity contribution is -0.133. The second-order valence-electron chi connectivity index (χ2n) is 4.30. The molecule has 0 saturated carbocycles. The van der Waals surface area contributed by atoms with Crippen molar-refractivity contribution in [3.8, 4) is 0 Å². The van der Waals surface area contributed by atoms with Crippen LogP contribution in [0.3, 0.4) is 0 Å². The van der Waals surface area contributed by atoms with E-state index >= 15 is 0 Å². The number of aliphatic hydroxyl groups excluding tert-OH is 2. The normalized spacial score (nSPS) is 36.7. The fourth-order valence-electron chi connectivity index (χ4n) is 2.07. The first kappa shape index (κ1) is 12.9. The Morgan fingerprint density at radius 1 is 1.50 bits per heavy atom. The van der Waals surface area contributed by atoms with Crippen molar-refractivity contribution in [3.05, 3.63) is 0 Å². The van der Waals surface area contributed by atoms with E-state index in [-0.39, 0.29) is 19.6 Å². The van der Waals surface area contributed by atoms with E-state index < -0.39 is 36.3 Å². The number of carbonyl (C=O) groups excluding carboxylic acids is 3. The molecule has 2 rings (SSSR count). The average Bonchev–Trinajstić information content (AvgIpc) is 2.70. The first-order valence-electron chi connectivity index (χ1n) is 5.58. The highest BCUT2D eigenvalue weighted by atomic mass is 16.5. The molecule has 0 aromatic rings. The van der Waals surface area contributed by atoms with Gasteiger partial charge in [-0.2, -0.15) is 0 Å². The minimum Gasteiger partial charge on any atom is -0.394 e. The second-order valence-corrected chi connectivity index (χ2v) is 4.30. The zero-order valence-corrected chi connectivity index (χ0v) is 9.48. The Hall–Kier alpha value is -1.51. The largest absolute Gasteiger partial charge is 0.394 e. The van der Waals surface area contributed by atoms with E-state index in [0.717, 1.165) is 0 Å². The molecular formula is C10H14N2O6. The van der Waals surface area contributed by atoms with Gasteiger partial charge >= 0.3 is 6.03 Å². The van der Waals surface area contributed by atoms with Crippen molar-refractivity contribution in [1.29, 1.82) is 0 Å². The maximum absolute atomic E-state index is 11.6. The van der Waals surface area contributed by atoms with Crippen LogP contribution >= 0.6 is 0 Å². The fourth-order valence-corrected chi connectivity index (χ4v) is 2.07. The van der Waals surface area contributed by atoms with Crippen molar-refractivity contribution in [2.45, 2.75) is 24.9 Å². The van der Waals surface area contributed by atoms with E-state index in [4.69, 9.17) is 9.84 Å². The number of aldehydes is 1. The zero-order valence-electron chi connectivity index (χ0n) is 9.48. The third-order valence-corrected chi connectivity index (χ3v) is 3.12. The number of amides is 3. The van der Waals surface area contributed by atoms with Crippen LogP contribution in [0.2, 0.25) is 0 Å². The van der Waals surface area contributed by atoms with E-state index in [0.29, 0.717) is 6.29 Å². The quantitative estimate of drug-likeness (QED) is 0.391. The highest BCUT2D eigenvalue weighted by molar-refractivity contribution is 6.04. The Kier molecular flexibility index (Phi) is 3.60. The van der Waals surface area contributed by atoms with Crippen molar-refractivity contribution < 1.29 is 29.3 Å². The number of urea groups is 1. The molecule has 3 N–H and O–H groups in total. The topological polar surface area (TPSA) is 116 Å². The Labute approximate surface area is 103 Å². The Morgan fingerprint density at radius 2 is 2.22 bits per heavy atom. The van der Waals surface area contributed by atoms with Gasteiger partial charge in [0, 0.05) is 13.0 Å². The molecule has 0 radical (unpaired) electrons. The molecule has 4 atom stereocenters. The lowest BCUT2D eigenvalue weighted by atomic mass is 10.1. The zero-order chi connectivity index (χ0) is 13.3. The van der Waals surface area contributed by atoms with Gasteiger partial charge < -0.3 is 19.7 Å². The summed E-state index contributed by atoms with van der Waals surface area (Å²) in [7, 11) is 0. The first-order valence-corrected chi connectivity index (χ1v) is 5.58. The third-order valence-electron chi connectivity index (χ3n) is 3.12. The van der Waals surface area contributed by atoms with Crippen LogP contribution in [-0.4, -0.2) is 64.9 Å². The minimum absolute atomic E-state index is 0.0797. The summed E-state index contributed by atoms with van der Waals surface area (Å²) >= 11 is 0. The summed E-state index contributed by atoms with van der Waals surface area (Å²) in [4.78, 5) is 34.7. The van der Waals surface area contributed by atoms with E-state index in [1.165, 1.54) is 4.90 Å². The molecule has 0 aromatic heterocycles.